The van der Waals surface area contributed by atoms with Gasteiger partial charge in [-0.25, -0.2) is 0 Å². The van der Waals surface area contributed by atoms with Crippen molar-refractivity contribution in [1.29, 1.82) is 0 Å². The zero-order valence-electron chi connectivity index (χ0n) is 14.6. The van der Waals surface area contributed by atoms with Gasteiger partial charge in [-0.1, -0.05) is 6.07 Å². The van der Waals surface area contributed by atoms with Gasteiger partial charge in [-0.15, -0.1) is 0 Å². The van der Waals surface area contributed by atoms with Gasteiger partial charge in [0.2, 0.25) is 0 Å². The van der Waals surface area contributed by atoms with E-state index in [1.54, 1.807) is 56.0 Å². The first-order chi connectivity index (χ1) is 12.7. The number of aryl methyl sites for hydroxylation is 1. The predicted molar refractivity (Wildman–Crippen MR) is 98.5 cm³/mol. The second kappa shape index (κ2) is 8.11. The highest BCUT2D eigenvalue weighted by Gasteiger charge is 2.10. The summed E-state index contributed by atoms with van der Waals surface area (Å²) in [5.74, 6) is 0.890. The van der Waals surface area contributed by atoms with Gasteiger partial charge in [0.05, 0.1) is 12.7 Å². The Kier molecular flexibility index (Phi) is 5.43. The van der Waals surface area contributed by atoms with Gasteiger partial charge in [-0.2, -0.15) is 0 Å². The normalized spacial score (nSPS) is 10.2. The monoisotopic (exact) mass is 349 g/mol. The fourth-order valence-electron chi connectivity index (χ4n) is 2.32. The number of benzene rings is 1. The third kappa shape index (κ3) is 4.36. The number of carbonyl (C=O) groups is 1. The van der Waals surface area contributed by atoms with Crippen molar-refractivity contribution in [2.45, 2.75) is 13.5 Å². The Labute approximate surface area is 151 Å². The van der Waals surface area contributed by atoms with Crippen LogP contribution in [-0.4, -0.2) is 23.0 Å². The SMILES string of the molecule is COc1ccc(NC(=O)c2ccc(C)nc2)cc1OCc1cccnc1. The van der Waals surface area contributed by atoms with Crippen molar-refractivity contribution in [3.63, 3.8) is 0 Å². The molecule has 6 nitrogen and oxygen atoms in total. The Balaban J connectivity index is 1.74. The number of hydrogen-bond donors (Lipinski definition) is 1. The van der Waals surface area contributed by atoms with Crippen molar-refractivity contribution >= 4 is 11.6 Å². The molecule has 0 atom stereocenters. The van der Waals surface area contributed by atoms with E-state index in [1.807, 2.05) is 19.1 Å². The lowest BCUT2D eigenvalue weighted by atomic mass is 10.2. The molecule has 6 heteroatoms. The summed E-state index contributed by atoms with van der Waals surface area (Å²) in [6.45, 7) is 2.22. The van der Waals surface area contributed by atoms with Gasteiger partial charge in [-0.3, -0.25) is 14.8 Å². The van der Waals surface area contributed by atoms with Crippen LogP contribution < -0.4 is 14.8 Å². The molecule has 26 heavy (non-hydrogen) atoms. The molecule has 0 radical (unpaired) electrons. The number of amides is 1. The van der Waals surface area contributed by atoms with Gasteiger partial charge < -0.3 is 14.8 Å². The van der Waals surface area contributed by atoms with Crippen LogP contribution in [0.4, 0.5) is 5.69 Å². The Morgan fingerprint density at radius 1 is 1.12 bits per heavy atom. The van der Waals surface area contributed by atoms with E-state index < -0.39 is 0 Å². The molecule has 0 saturated carbocycles. The molecule has 0 aliphatic carbocycles. The molecule has 0 fully saturated rings. The molecule has 0 saturated heterocycles. The zero-order valence-corrected chi connectivity index (χ0v) is 14.6. The second-order valence-corrected chi connectivity index (χ2v) is 5.66. The van der Waals surface area contributed by atoms with Gasteiger partial charge in [0.1, 0.15) is 6.61 Å². The Morgan fingerprint density at radius 3 is 2.69 bits per heavy atom. The molecule has 2 aromatic heterocycles. The number of ether oxygens (including phenoxy) is 2. The Morgan fingerprint density at radius 2 is 2.00 bits per heavy atom. The summed E-state index contributed by atoms with van der Waals surface area (Å²) in [6, 6.07) is 12.6. The van der Waals surface area contributed by atoms with Crippen molar-refractivity contribution in [1.82, 2.24) is 9.97 Å². The number of anilines is 1. The van der Waals surface area contributed by atoms with Crippen molar-refractivity contribution in [3.05, 3.63) is 77.9 Å². The van der Waals surface area contributed by atoms with Crippen LogP contribution in [0, 0.1) is 6.92 Å². The number of nitrogens with one attached hydrogen (secondary N) is 1. The molecule has 3 aromatic rings. The maximum Gasteiger partial charge on any atom is 0.257 e. The number of aromatic nitrogens is 2. The van der Waals surface area contributed by atoms with Gasteiger partial charge in [-0.05, 0) is 37.3 Å². The van der Waals surface area contributed by atoms with E-state index in [2.05, 4.69) is 15.3 Å². The topological polar surface area (TPSA) is 73.3 Å². The minimum absolute atomic E-state index is 0.235. The smallest absolute Gasteiger partial charge is 0.257 e. The third-order valence-corrected chi connectivity index (χ3v) is 3.71. The van der Waals surface area contributed by atoms with E-state index in [-0.39, 0.29) is 5.91 Å². The van der Waals surface area contributed by atoms with Crippen LogP contribution in [0.3, 0.4) is 0 Å². The number of methoxy groups -OCH3 is 1. The lowest BCUT2D eigenvalue weighted by Gasteiger charge is -2.13. The summed E-state index contributed by atoms with van der Waals surface area (Å²) in [4.78, 5) is 20.5. The third-order valence-electron chi connectivity index (χ3n) is 3.71. The number of nitrogens with zero attached hydrogens (tertiary/aromatic N) is 2. The van der Waals surface area contributed by atoms with Crippen molar-refractivity contribution in [2.75, 3.05) is 12.4 Å². The first kappa shape index (κ1) is 17.4. The van der Waals surface area contributed by atoms with Gasteiger partial charge in [0, 0.05) is 41.6 Å². The fraction of sp³-hybridized carbons (Fsp3) is 0.150. The Hall–Kier alpha value is -3.41. The lowest BCUT2D eigenvalue weighted by Crippen LogP contribution is -2.12. The summed E-state index contributed by atoms with van der Waals surface area (Å²) >= 11 is 0. The van der Waals surface area contributed by atoms with E-state index in [9.17, 15) is 4.79 Å². The summed E-state index contributed by atoms with van der Waals surface area (Å²) in [5.41, 5.74) is 2.90. The van der Waals surface area contributed by atoms with Crippen LogP contribution in [0.5, 0.6) is 11.5 Å². The molecule has 0 bridgehead atoms. The van der Waals surface area contributed by atoms with Crippen molar-refractivity contribution in [3.8, 4) is 11.5 Å². The quantitative estimate of drug-likeness (QED) is 0.736. The summed E-state index contributed by atoms with van der Waals surface area (Å²) in [5, 5.41) is 2.84. The summed E-state index contributed by atoms with van der Waals surface area (Å²) < 4.78 is 11.2. The fourth-order valence-corrected chi connectivity index (χ4v) is 2.32. The van der Waals surface area contributed by atoms with Crippen molar-refractivity contribution in [2.24, 2.45) is 0 Å². The van der Waals surface area contributed by atoms with E-state index >= 15 is 0 Å². The van der Waals surface area contributed by atoms with Crippen LogP contribution in [0.2, 0.25) is 0 Å². The van der Waals surface area contributed by atoms with Crippen LogP contribution in [0.15, 0.2) is 61.1 Å². The molecule has 0 unspecified atom stereocenters. The number of carbonyl (C=O) groups excluding carboxylic acids is 1. The average Bonchev–Trinajstić information content (AvgIpc) is 2.68. The van der Waals surface area contributed by atoms with Gasteiger partial charge >= 0.3 is 0 Å². The number of rotatable bonds is 6. The molecule has 1 amide bonds. The standard InChI is InChI=1S/C20H19N3O3/c1-14-5-6-16(12-22-14)20(24)23-17-7-8-18(25-2)19(10-17)26-13-15-4-3-9-21-11-15/h3-12H,13H2,1-2H3,(H,23,24). The molecule has 0 spiro atoms. The van der Waals surface area contributed by atoms with Gasteiger partial charge in [0.15, 0.2) is 11.5 Å². The number of hydrogen-bond acceptors (Lipinski definition) is 5. The molecule has 0 aliphatic rings. The lowest BCUT2D eigenvalue weighted by molar-refractivity contribution is 0.102. The maximum absolute atomic E-state index is 12.3. The summed E-state index contributed by atoms with van der Waals surface area (Å²) in [7, 11) is 1.57. The number of pyridine rings is 2. The molecule has 0 aliphatic heterocycles. The average molecular weight is 349 g/mol. The largest absolute Gasteiger partial charge is 0.493 e. The Bertz CT molecular complexity index is 881. The molecule has 132 valence electrons. The first-order valence-electron chi connectivity index (χ1n) is 8.09. The van der Waals surface area contributed by atoms with Crippen LogP contribution in [0.25, 0.3) is 0 Å². The van der Waals surface area contributed by atoms with Crippen LogP contribution in [-0.2, 0) is 6.61 Å². The highest BCUT2D eigenvalue weighted by molar-refractivity contribution is 6.04. The van der Waals surface area contributed by atoms with Crippen LogP contribution >= 0.6 is 0 Å². The molecule has 2 heterocycles. The molecule has 1 aromatic carbocycles. The first-order valence-corrected chi connectivity index (χ1v) is 8.09. The van der Waals surface area contributed by atoms with Gasteiger partial charge in [0.25, 0.3) is 5.91 Å². The minimum Gasteiger partial charge on any atom is -0.493 e. The molecular weight excluding hydrogens is 330 g/mol. The second-order valence-electron chi connectivity index (χ2n) is 5.66. The van der Waals surface area contributed by atoms with E-state index in [0.717, 1.165) is 11.3 Å². The highest BCUT2D eigenvalue weighted by atomic mass is 16.5. The highest BCUT2D eigenvalue weighted by Crippen LogP contribution is 2.31. The summed E-state index contributed by atoms with van der Waals surface area (Å²) in [6.07, 6.45) is 5.00. The minimum atomic E-state index is -0.235. The molecular formula is C20H19N3O3. The van der Waals surface area contributed by atoms with Crippen LogP contribution in [0.1, 0.15) is 21.6 Å². The van der Waals surface area contributed by atoms with E-state index in [0.29, 0.717) is 29.4 Å². The van der Waals surface area contributed by atoms with Crippen molar-refractivity contribution < 1.29 is 14.3 Å². The zero-order chi connectivity index (χ0) is 18.4. The van der Waals surface area contributed by atoms with E-state index in [4.69, 9.17) is 9.47 Å². The van der Waals surface area contributed by atoms with E-state index in [1.165, 1.54) is 0 Å². The predicted octanol–water partition coefficient (Wildman–Crippen LogP) is 3.62. The maximum atomic E-state index is 12.3. The molecule has 3 rings (SSSR count). The molecule has 1 N–H and O–H groups in total.